The van der Waals surface area contributed by atoms with Crippen molar-refractivity contribution in [1.82, 2.24) is 14.8 Å². The maximum Gasteiger partial charge on any atom is 0.246 e. The van der Waals surface area contributed by atoms with E-state index in [1.54, 1.807) is 9.80 Å². The zero-order valence-corrected chi connectivity index (χ0v) is 14.2. The van der Waals surface area contributed by atoms with Crippen LogP contribution < -0.4 is 0 Å². The summed E-state index contributed by atoms with van der Waals surface area (Å²) in [6.07, 6.45) is 2.58. The molecule has 0 bridgehead atoms. The molecule has 0 aliphatic carbocycles. The Bertz CT molecular complexity index is 810. The van der Waals surface area contributed by atoms with E-state index in [-0.39, 0.29) is 30.4 Å². The molecule has 5 nitrogen and oxygen atoms in total. The topological polar surface area (TPSA) is 56.4 Å². The van der Waals surface area contributed by atoms with Crippen molar-refractivity contribution in [3.8, 4) is 0 Å². The molecule has 0 unspecified atom stereocenters. The van der Waals surface area contributed by atoms with Gasteiger partial charge in [0.1, 0.15) is 6.04 Å². The maximum atomic E-state index is 12.9. The Morgan fingerprint density at radius 1 is 1.25 bits per heavy atom. The SMILES string of the molecule is CCCCN1CC(=O)N2[C@H](Cc3c([nH]c4ccccc34)[C@H]2C)C1=O. The second-order valence-electron chi connectivity index (χ2n) is 6.87. The quantitative estimate of drug-likeness (QED) is 0.943. The van der Waals surface area contributed by atoms with Crippen molar-refractivity contribution in [2.45, 2.75) is 45.2 Å². The van der Waals surface area contributed by atoms with Gasteiger partial charge in [-0.1, -0.05) is 31.5 Å². The number of carbonyl (C=O) groups excluding carboxylic acids is 2. The van der Waals surface area contributed by atoms with E-state index in [0.717, 1.165) is 24.1 Å². The van der Waals surface area contributed by atoms with Gasteiger partial charge in [0.15, 0.2) is 0 Å². The molecule has 0 radical (unpaired) electrons. The van der Waals surface area contributed by atoms with Gasteiger partial charge in [0.2, 0.25) is 11.8 Å². The maximum absolute atomic E-state index is 12.9. The van der Waals surface area contributed by atoms with Crippen LogP contribution in [-0.2, 0) is 16.0 Å². The first-order valence-corrected chi connectivity index (χ1v) is 8.81. The molecule has 4 rings (SSSR count). The fraction of sp³-hybridized carbons (Fsp3) is 0.474. The van der Waals surface area contributed by atoms with Gasteiger partial charge in [0.25, 0.3) is 0 Å². The largest absolute Gasteiger partial charge is 0.356 e. The van der Waals surface area contributed by atoms with Gasteiger partial charge in [-0.3, -0.25) is 9.59 Å². The smallest absolute Gasteiger partial charge is 0.246 e. The molecule has 0 spiro atoms. The van der Waals surface area contributed by atoms with Crippen molar-refractivity contribution in [2.75, 3.05) is 13.1 Å². The number of unbranched alkanes of at least 4 members (excludes halogenated alkanes) is 1. The number of fused-ring (bicyclic) bond motifs is 4. The van der Waals surface area contributed by atoms with Gasteiger partial charge in [-0.05, 0) is 25.0 Å². The molecule has 1 N–H and O–H groups in total. The highest BCUT2D eigenvalue weighted by molar-refractivity contribution is 5.97. The van der Waals surface area contributed by atoms with E-state index in [1.165, 1.54) is 10.9 Å². The summed E-state index contributed by atoms with van der Waals surface area (Å²) in [5.74, 6) is 0.165. The second-order valence-corrected chi connectivity index (χ2v) is 6.87. The number of nitrogens with zero attached hydrogens (tertiary/aromatic N) is 2. The summed E-state index contributed by atoms with van der Waals surface area (Å²) in [5.41, 5.74) is 3.35. The van der Waals surface area contributed by atoms with Gasteiger partial charge in [-0.2, -0.15) is 0 Å². The molecular formula is C19H23N3O2. The normalized spacial score (nSPS) is 23.6. The number of amides is 2. The number of nitrogens with one attached hydrogen (secondary N) is 1. The molecule has 1 fully saturated rings. The van der Waals surface area contributed by atoms with E-state index in [1.807, 2.05) is 19.1 Å². The molecule has 2 aliphatic heterocycles. The summed E-state index contributed by atoms with van der Waals surface area (Å²) in [4.78, 5) is 32.7. The van der Waals surface area contributed by atoms with E-state index < -0.39 is 0 Å². The van der Waals surface area contributed by atoms with Crippen LogP contribution >= 0.6 is 0 Å². The molecule has 5 heteroatoms. The minimum absolute atomic E-state index is 0.0625. The number of hydrogen-bond donors (Lipinski definition) is 1. The third-order valence-electron chi connectivity index (χ3n) is 5.41. The lowest BCUT2D eigenvalue weighted by atomic mass is 9.90. The van der Waals surface area contributed by atoms with Crippen molar-refractivity contribution < 1.29 is 9.59 Å². The molecule has 0 saturated carbocycles. The van der Waals surface area contributed by atoms with Crippen LogP contribution in [0.15, 0.2) is 24.3 Å². The van der Waals surface area contributed by atoms with Gasteiger partial charge < -0.3 is 14.8 Å². The Labute approximate surface area is 141 Å². The highest BCUT2D eigenvalue weighted by Crippen LogP contribution is 2.38. The molecule has 2 amide bonds. The molecule has 1 aromatic carbocycles. The summed E-state index contributed by atoms with van der Waals surface area (Å²) in [6, 6.07) is 7.73. The van der Waals surface area contributed by atoms with Gasteiger partial charge in [-0.25, -0.2) is 0 Å². The number of piperazine rings is 1. The van der Waals surface area contributed by atoms with Crippen LogP contribution in [0.25, 0.3) is 10.9 Å². The van der Waals surface area contributed by atoms with Gasteiger partial charge in [0.05, 0.1) is 12.6 Å². The van der Waals surface area contributed by atoms with Gasteiger partial charge >= 0.3 is 0 Å². The zero-order valence-electron chi connectivity index (χ0n) is 14.2. The van der Waals surface area contributed by atoms with Crippen LogP contribution in [0.2, 0.25) is 0 Å². The highest BCUT2D eigenvalue weighted by Gasteiger charge is 2.45. The van der Waals surface area contributed by atoms with Crippen molar-refractivity contribution in [3.05, 3.63) is 35.5 Å². The van der Waals surface area contributed by atoms with E-state index >= 15 is 0 Å². The average molecular weight is 325 g/mol. The standard InChI is InChI=1S/C19H23N3O2/c1-3-4-9-21-11-17(23)22-12(2)18-14(10-16(22)19(21)24)13-7-5-6-8-15(13)20-18/h5-8,12,16,20H,3-4,9-11H2,1-2H3/t12-,16-/m1/s1. The van der Waals surface area contributed by atoms with Crippen LogP contribution in [0.5, 0.6) is 0 Å². The average Bonchev–Trinajstić information content (AvgIpc) is 2.96. The molecule has 1 aromatic heterocycles. The number of para-hydroxylation sites is 1. The molecule has 2 atom stereocenters. The Kier molecular flexibility index (Phi) is 3.59. The van der Waals surface area contributed by atoms with Crippen molar-refractivity contribution >= 4 is 22.7 Å². The number of hydrogen-bond acceptors (Lipinski definition) is 2. The van der Waals surface area contributed by atoms with Crippen LogP contribution in [0.3, 0.4) is 0 Å². The Morgan fingerprint density at radius 3 is 2.83 bits per heavy atom. The van der Waals surface area contributed by atoms with Crippen molar-refractivity contribution in [1.29, 1.82) is 0 Å². The first-order chi connectivity index (χ1) is 11.6. The van der Waals surface area contributed by atoms with Crippen LogP contribution in [0.1, 0.15) is 44.0 Å². The minimum Gasteiger partial charge on any atom is -0.356 e. The fourth-order valence-corrected chi connectivity index (χ4v) is 4.17. The summed E-state index contributed by atoms with van der Waals surface area (Å²) in [6.45, 7) is 5.02. The lowest BCUT2D eigenvalue weighted by molar-refractivity contribution is -0.159. The molecule has 2 aliphatic rings. The number of carbonyl (C=O) groups is 2. The van der Waals surface area contributed by atoms with E-state index in [9.17, 15) is 9.59 Å². The predicted octanol–water partition coefficient (Wildman–Crippen LogP) is 2.62. The predicted molar refractivity (Wildman–Crippen MR) is 92.5 cm³/mol. The summed E-state index contributed by atoms with van der Waals surface area (Å²) >= 11 is 0. The van der Waals surface area contributed by atoms with E-state index in [4.69, 9.17) is 0 Å². The van der Waals surface area contributed by atoms with Gasteiger partial charge in [-0.15, -0.1) is 0 Å². The highest BCUT2D eigenvalue weighted by atomic mass is 16.2. The minimum atomic E-state index is -0.357. The van der Waals surface area contributed by atoms with Crippen molar-refractivity contribution in [3.63, 3.8) is 0 Å². The number of rotatable bonds is 3. The first-order valence-electron chi connectivity index (χ1n) is 8.81. The van der Waals surface area contributed by atoms with Crippen LogP contribution in [0, 0.1) is 0 Å². The number of aromatic amines is 1. The third-order valence-corrected chi connectivity index (χ3v) is 5.41. The Morgan fingerprint density at radius 2 is 2.04 bits per heavy atom. The molecule has 1 saturated heterocycles. The van der Waals surface area contributed by atoms with Crippen LogP contribution in [-0.4, -0.2) is 45.7 Å². The first kappa shape index (κ1) is 15.2. The summed E-state index contributed by atoms with van der Waals surface area (Å²) in [7, 11) is 0. The molecule has 3 heterocycles. The molecule has 24 heavy (non-hydrogen) atoms. The monoisotopic (exact) mass is 325 g/mol. The fourth-order valence-electron chi connectivity index (χ4n) is 4.17. The zero-order chi connectivity index (χ0) is 16.8. The Hall–Kier alpha value is -2.30. The second kappa shape index (κ2) is 5.65. The molecule has 126 valence electrons. The van der Waals surface area contributed by atoms with Crippen molar-refractivity contribution in [2.24, 2.45) is 0 Å². The van der Waals surface area contributed by atoms with Gasteiger partial charge in [0, 0.05) is 29.6 Å². The number of aromatic nitrogens is 1. The summed E-state index contributed by atoms with van der Waals surface area (Å²) in [5, 5.41) is 1.17. The van der Waals surface area contributed by atoms with E-state index in [2.05, 4.69) is 24.0 Å². The number of benzene rings is 1. The van der Waals surface area contributed by atoms with E-state index in [0.29, 0.717) is 13.0 Å². The molecular weight excluding hydrogens is 302 g/mol. The Balaban J connectivity index is 1.74. The molecule has 2 aromatic rings. The lowest BCUT2D eigenvalue weighted by Crippen LogP contribution is -2.62. The van der Waals surface area contributed by atoms with Crippen LogP contribution in [0.4, 0.5) is 0 Å². The third kappa shape index (κ3) is 2.14. The summed E-state index contributed by atoms with van der Waals surface area (Å²) < 4.78 is 0. The number of H-pyrrole nitrogens is 1. The lowest BCUT2D eigenvalue weighted by Gasteiger charge is -2.46.